The molecule has 0 spiro atoms. The van der Waals surface area contributed by atoms with Crippen LogP contribution < -0.4 is 0 Å². The van der Waals surface area contributed by atoms with Crippen molar-refractivity contribution in [3.8, 4) is 28.0 Å². The molecule has 3 heteroatoms. The number of oxime groups is 1. The monoisotopic (exact) mass is 345 g/mol. The molecule has 0 atom stereocenters. The van der Waals surface area contributed by atoms with Crippen LogP contribution in [-0.4, -0.2) is 16.5 Å². The molecule has 0 unspecified atom stereocenters. The molecular weight excluding hydrogens is 322 g/mol. The van der Waals surface area contributed by atoms with Crippen molar-refractivity contribution in [3.63, 3.8) is 0 Å². The van der Waals surface area contributed by atoms with Gasteiger partial charge in [-0.2, -0.15) is 0 Å². The molecule has 0 heterocycles. The minimum atomic E-state index is 0.245. The summed E-state index contributed by atoms with van der Waals surface area (Å²) in [5.41, 5.74) is 7.58. The Morgan fingerprint density at radius 1 is 0.923 bits per heavy atom. The summed E-state index contributed by atoms with van der Waals surface area (Å²) in [5, 5.41) is 22.2. The van der Waals surface area contributed by atoms with Crippen molar-refractivity contribution >= 4 is 6.21 Å². The van der Waals surface area contributed by atoms with Gasteiger partial charge in [0, 0.05) is 5.56 Å². The fourth-order valence-electron chi connectivity index (χ4n) is 3.46. The van der Waals surface area contributed by atoms with Gasteiger partial charge in [0.1, 0.15) is 5.75 Å². The van der Waals surface area contributed by atoms with E-state index in [0.29, 0.717) is 0 Å². The van der Waals surface area contributed by atoms with E-state index in [1.807, 2.05) is 30.3 Å². The van der Waals surface area contributed by atoms with Crippen LogP contribution in [0.15, 0.2) is 65.8 Å². The number of rotatable bonds is 5. The molecule has 3 rings (SSSR count). The fourth-order valence-corrected chi connectivity index (χ4v) is 3.46. The van der Waals surface area contributed by atoms with E-state index in [4.69, 9.17) is 0 Å². The average Bonchev–Trinajstić information content (AvgIpc) is 2.66. The molecule has 0 aliphatic rings. The van der Waals surface area contributed by atoms with Gasteiger partial charge < -0.3 is 10.3 Å². The van der Waals surface area contributed by atoms with E-state index in [2.05, 4.69) is 37.2 Å². The number of benzene rings is 3. The summed E-state index contributed by atoms with van der Waals surface area (Å²) in [7, 11) is 0. The first-order chi connectivity index (χ1) is 12.7. The van der Waals surface area contributed by atoms with Gasteiger partial charge in [-0.05, 0) is 64.9 Å². The van der Waals surface area contributed by atoms with Crippen molar-refractivity contribution in [2.75, 3.05) is 0 Å². The highest BCUT2D eigenvalue weighted by molar-refractivity contribution is 5.99. The number of hydrogen-bond acceptors (Lipinski definition) is 3. The maximum atomic E-state index is 9.68. The van der Waals surface area contributed by atoms with Gasteiger partial charge in [0.05, 0.1) is 6.21 Å². The Balaban J connectivity index is 2.38. The highest BCUT2D eigenvalue weighted by atomic mass is 16.4. The van der Waals surface area contributed by atoms with Gasteiger partial charge in [0.2, 0.25) is 0 Å². The predicted octanol–water partition coefficient (Wildman–Crippen LogP) is 5.80. The summed E-state index contributed by atoms with van der Waals surface area (Å²) < 4.78 is 0. The zero-order chi connectivity index (χ0) is 18.5. The van der Waals surface area contributed by atoms with E-state index in [0.717, 1.165) is 40.7 Å². The van der Waals surface area contributed by atoms with Crippen LogP contribution in [0.1, 0.15) is 30.0 Å². The Labute approximate surface area is 154 Å². The number of phenolic OH excluding ortho intramolecular Hbond substituents is 1. The van der Waals surface area contributed by atoms with E-state index in [-0.39, 0.29) is 5.75 Å². The van der Waals surface area contributed by atoms with Crippen LogP contribution in [0.5, 0.6) is 5.75 Å². The zero-order valence-corrected chi connectivity index (χ0v) is 15.1. The number of aryl methyl sites for hydroxylation is 1. The van der Waals surface area contributed by atoms with Crippen molar-refractivity contribution in [1.82, 2.24) is 0 Å². The quantitative estimate of drug-likeness (QED) is 0.349. The molecule has 3 aromatic rings. The molecule has 2 N–H and O–H groups in total. The van der Waals surface area contributed by atoms with Gasteiger partial charge in [-0.3, -0.25) is 0 Å². The van der Waals surface area contributed by atoms with Crippen LogP contribution in [0.4, 0.5) is 0 Å². The normalized spacial score (nSPS) is 11.2. The van der Waals surface area contributed by atoms with E-state index < -0.39 is 0 Å². The van der Waals surface area contributed by atoms with E-state index >= 15 is 0 Å². The highest BCUT2D eigenvalue weighted by Crippen LogP contribution is 2.39. The molecule has 0 amide bonds. The lowest BCUT2D eigenvalue weighted by molar-refractivity contribution is 0.322. The van der Waals surface area contributed by atoms with E-state index in [1.54, 1.807) is 12.1 Å². The van der Waals surface area contributed by atoms with Crippen LogP contribution >= 0.6 is 0 Å². The maximum Gasteiger partial charge on any atom is 0.115 e. The van der Waals surface area contributed by atoms with E-state index in [1.165, 1.54) is 17.3 Å². The van der Waals surface area contributed by atoms with Gasteiger partial charge in [-0.25, -0.2) is 0 Å². The smallest absolute Gasteiger partial charge is 0.115 e. The maximum absolute atomic E-state index is 9.68. The second kappa shape index (κ2) is 7.87. The molecule has 0 saturated carbocycles. The van der Waals surface area contributed by atoms with Crippen LogP contribution in [0.3, 0.4) is 0 Å². The van der Waals surface area contributed by atoms with Gasteiger partial charge in [0.15, 0.2) is 0 Å². The van der Waals surface area contributed by atoms with Crippen LogP contribution in [0.25, 0.3) is 22.3 Å². The molecule has 0 aliphatic heterocycles. The third kappa shape index (κ3) is 3.47. The summed E-state index contributed by atoms with van der Waals surface area (Å²) in [6, 6.07) is 19.5. The lowest BCUT2D eigenvalue weighted by atomic mass is 9.84. The molecule has 132 valence electrons. The van der Waals surface area contributed by atoms with Crippen molar-refractivity contribution in [2.24, 2.45) is 5.16 Å². The van der Waals surface area contributed by atoms with Gasteiger partial charge in [-0.15, -0.1) is 0 Å². The number of aromatic hydroxyl groups is 1. The Bertz CT molecular complexity index is 913. The average molecular weight is 345 g/mol. The Kier molecular flexibility index (Phi) is 5.37. The molecule has 0 aliphatic carbocycles. The minimum Gasteiger partial charge on any atom is -0.508 e. The van der Waals surface area contributed by atoms with Gasteiger partial charge >= 0.3 is 0 Å². The van der Waals surface area contributed by atoms with Crippen LogP contribution in [0.2, 0.25) is 0 Å². The van der Waals surface area contributed by atoms with Crippen molar-refractivity contribution in [1.29, 1.82) is 0 Å². The molecule has 0 radical (unpaired) electrons. The number of phenols is 1. The Morgan fingerprint density at radius 3 is 2.19 bits per heavy atom. The molecule has 0 bridgehead atoms. The van der Waals surface area contributed by atoms with Crippen LogP contribution in [0, 0.1) is 6.92 Å². The van der Waals surface area contributed by atoms with Crippen molar-refractivity contribution in [2.45, 2.75) is 26.7 Å². The standard InChI is InChI=1S/C23H23NO2/c1-3-7-19-14-20(15-24-26)23(17-8-5-4-6-9-17)22(16(19)2)18-10-12-21(25)13-11-18/h4-6,8-15,25-26H,3,7H2,1-2H3/b24-15+. The largest absolute Gasteiger partial charge is 0.508 e. The first-order valence-electron chi connectivity index (χ1n) is 8.84. The molecule has 26 heavy (non-hydrogen) atoms. The molecule has 0 fully saturated rings. The van der Waals surface area contributed by atoms with Crippen molar-refractivity contribution in [3.05, 3.63) is 77.4 Å². The first-order valence-corrected chi connectivity index (χ1v) is 8.84. The summed E-state index contributed by atoms with van der Waals surface area (Å²) in [5.74, 6) is 0.245. The molecular formula is C23H23NO2. The summed E-state index contributed by atoms with van der Waals surface area (Å²) >= 11 is 0. The number of nitrogens with zero attached hydrogens (tertiary/aromatic N) is 1. The van der Waals surface area contributed by atoms with Crippen LogP contribution in [-0.2, 0) is 6.42 Å². The third-order valence-corrected chi connectivity index (χ3v) is 4.66. The fraction of sp³-hybridized carbons (Fsp3) is 0.174. The summed E-state index contributed by atoms with van der Waals surface area (Å²) in [4.78, 5) is 0. The number of hydrogen-bond donors (Lipinski definition) is 2. The summed E-state index contributed by atoms with van der Waals surface area (Å²) in [6.45, 7) is 4.30. The Morgan fingerprint density at radius 2 is 1.58 bits per heavy atom. The first kappa shape index (κ1) is 17.7. The highest BCUT2D eigenvalue weighted by Gasteiger charge is 2.17. The summed E-state index contributed by atoms with van der Waals surface area (Å²) in [6.07, 6.45) is 3.50. The molecule has 0 aromatic heterocycles. The molecule has 3 aromatic carbocycles. The van der Waals surface area contributed by atoms with E-state index in [9.17, 15) is 10.3 Å². The minimum absolute atomic E-state index is 0.245. The predicted molar refractivity (Wildman–Crippen MR) is 107 cm³/mol. The third-order valence-electron chi connectivity index (χ3n) is 4.66. The van der Waals surface area contributed by atoms with Gasteiger partial charge in [-0.1, -0.05) is 61.0 Å². The lowest BCUT2D eigenvalue weighted by Crippen LogP contribution is -2.01. The van der Waals surface area contributed by atoms with Crippen molar-refractivity contribution < 1.29 is 10.3 Å². The Hall–Kier alpha value is -3.07. The second-order valence-electron chi connectivity index (χ2n) is 6.41. The topological polar surface area (TPSA) is 52.8 Å². The molecule has 0 saturated heterocycles. The zero-order valence-electron chi connectivity index (χ0n) is 15.1. The van der Waals surface area contributed by atoms with Gasteiger partial charge in [0.25, 0.3) is 0 Å². The second-order valence-corrected chi connectivity index (χ2v) is 6.41. The molecule has 3 nitrogen and oxygen atoms in total. The lowest BCUT2D eigenvalue weighted by Gasteiger charge is -2.20. The SMILES string of the molecule is CCCc1cc(/C=N/O)c(-c2ccccc2)c(-c2ccc(O)cc2)c1C.